The number of aromatic nitrogens is 1. The summed E-state index contributed by atoms with van der Waals surface area (Å²) in [7, 11) is 0. The van der Waals surface area contributed by atoms with Crippen molar-refractivity contribution >= 4 is 96.8 Å². The summed E-state index contributed by atoms with van der Waals surface area (Å²) >= 11 is 1.88. The van der Waals surface area contributed by atoms with Crippen LogP contribution in [0, 0.1) is 0 Å². The molecule has 4 heterocycles. The molecule has 4 nitrogen and oxygen atoms in total. The first-order chi connectivity index (χ1) is 25.3. The number of para-hydroxylation sites is 4. The molecule has 7 aromatic carbocycles. The number of fused-ring (bicyclic) bond motifs is 8. The lowest BCUT2D eigenvalue weighted by Crippen LogP contribution is -2.61. The van der Waals surface area contributed by atoms with Crippen molar-refractivity contribution < 1.29 is 0 Å². The summed E-state index contributed by atoms with van der Waals surface area (Å²) in [5.41, 5.74) is 14.5. The molecule has 3 aliphatic rings. The molecule has 0 aliphatic carbocycles. The smallest absolute Gasteiger partial charge is 0.252 e. The first-order valence-electron chi connectivity index (χ1n) is 17.3. The van der Waals surface area contributed by atoms with Crippen LogP contribution >= 0.6 is 11.8 Å². The van der Waals surface area contributed by atoms with E-state index in [0.717, 1.165) is 11.4 Å². The maximum atomic E-state index is 4.44. The Kier molecular flexibility index (Phi) is 6.24. The summed E-state index contributed by atoms with van der Waals surface area (Å²) in [5, 5.41) is 2.44. The van der Waals surface area contributed by atoms with E-state index in [1.165, 1.54) is 76.8 Å². The molecular formula is C45H29BN4S. The van der Waals surface area contributed by atoms with Crippen LogP contribution in [0.1, 0.15) is 0 Å². The van der Waals surface area contributed by atoms with E-state index in [9.17, 15) is 0 Å². The Bertz CT molecular complexity index is 2650. The van der Waals surface area contributed by atoms with E-state index in [1.54, 1.807) is 0 Å². The van der Waals surface area contributed by atoms with Crippen LogP contribution < -0.4 is 31.1 Å². The van der Waals surface area contributed by atoms with Crippen molar-refractivity contribution in [3.8, 4) is 0 Å². The number of nitrogens with zero attached hydrogens (tertiary/aromatic N) is 4. The van der Waals surface area contributed by atoms with Crippen LogP contribution in [-0.4, -0.2) is 11.7 Å². The fourth-order valence-corrected chi connectivity index (χ4v) is 9.63. The third kappa shape index (κ3) is 4.14. The van der Waals surface area contributed by atoms with Gasteiger partial charge < -0.3 is 14.7 Å². The van der Waals surface area contributed by atoms with E-state index < -0.39 is 0 Å². The lowest BCUT2D eigenvalue weighted by Gasteiger charge is -2.47. The van der Waals surface area contributed by atoms with Crippen molar-refractivity contribution in [2.75, 3.05) is 14.7 Å². The highest BCUT2D eigenvalue weighted by atomic mass is 32.2. The van der Waals surface area contributed by atoms with Gasteiger partial charge in [-0.2, -0.15) is 0 Å². The Balaban J connectivity index is 1.32. The van der Waals surface area contributed by atoms with Gasteiger partial charge in [0, 0.05) is 51.1 Å². The number of pyridine rings is 1. The molecule has 0 fully saturated rings. The van der Waals surface area contributed by atoms with Crippen molar-refractivity contribution in [2.45, 2.75) is 9.79 Å². The zero-order chi connectivity index (χ0) is 33.5. The Hall–Kier alpha value is -6.24. The second-order valence-electron chi connectivity index (χ2n) is 13.2. The molecule has 0 saturated heterocycles. The van der Waals surface area contributed by atoms with Gasteiger partial charge in [0.25, 0.3) is 6.71 Å². The van der Waals surface area contributed by atoms with Crippen LogP contribution in [0.5, 0.6) is 0 Å². The number of hydrogen-bond donors (Lipinski definition) is 0. The Morgan fingerprint density at radius 1 is 0.451 bits per heavy atom. The number of anilines is 9. The second-order valence-corrected chi connectivity index (χ2v) is 14.2. The molecule has 6 heteroatoms. The summed E-state index contributed by atoms with van der Waals surface area (Å²) in [6.45, 7) is 0.0505. The van der Waals surface area contributed by atoms with Gasteiger partial charge in [0.2, 0.25) is 0 Å². The zero-order valence-electron chi connectivity index (χ0n) is 27.5. The SMILES string of the molecule is c1ccc(N2c3ccccc3B3c4ccccc4N(c4ccncc4)c4c5c(cc2c43)N(c2cccc3ccccc23)c2ccccc2S5)cc1. The minimum atomic E-state index is 0.0505. The molecule has 8 aromatic rings. The first-order valence-corrected chi connectivity index (χ1v) is 18.2. The standard InChI is InChI=1S/C45H29BN4S/c1-2-15-31(16-3-1)48-37-20-8-6-18-34(37)46-35-19-7-9-21-38(35)49(32-25-27-47-28-26-32)44-43(46)40(48)29-41-45(44)51-42-24-11-10-22-39(42)50(41)36-23-12-14-30-13-4-5-17-33(30)36/h1-29H. The molecule has 3 aliphatic heterocycles. The highest BCUT2D eigenvalue weighted by Crippen LogP contribution is 2.59. The molecular weight excluding hydrogens is 639 g/mol. The Morgan fingerprint density at radius 3 is 1.86 bits per heavy atom. The molecule has 0 atom stereocenters. The number of benzene rings is 7. The van der Waals surface area contributed by atoms with Gasteiger partial charge in [-0.25, -0.2) is 0 Å². The van der Waals surface area contributed by atoms with E-state index in [1.807, 2.05) is 24.2 Å². The largest absolute Gasteiger partial charge is 0.311 e. The summed E-state index contributed by atoms with van der Waals surface area (Å²) in [6.07, 6.45) is 3.81. The molecule has 238 valence electrons. The molecule has 1 aromatic heterocycles. The topological polar surface area (TPSA) is 22.6 Å². The van der Waals surface area contributed by atoms with Crippen molar-refractivity contribution in [3.05, 3.63) is 176 Å². The molecule has 11 rings (SSSR count). The van der Waals surface area contributed by atoms with Gasteiger partial charge >= 0.3 is 0 Å². The van der Waals surface area contributed by atoms with Gasteiger partial charge in [0.05, 0.1) is 27.6 Å². The monoisotopic (exact) mass is 668 g/mol. The van der Waals surface area contributed by atoms with Crippen LogP contribution in [0.25, 0.3) is 10.8 Å². The summed E-state index contributed by atoms with van der Waals surface area (Å²) in [6, 6.07) is 59.8. The van der Waals surface area contributed by atoms with Crippen molar-refractivity contribution in [3.63, 3.8) is 0 Å². The molecule has 0 bridgehead atoms. The van der Waals surface area contributed by atoms with Crippen LogP contribution in [0.4, 0.5) is 51.2 Å². The molecule has 0 spiro atoms. The number of rotatable bonds is 3. The van der Waals surface area contributed by atoms with Gasteiger partial charge in [-0.3, -0.25) is 4.98 Å². The van der Waals surface area contributed by atoms with Crippen LogP contribution in [0.3, 0.4) is 0 Å². The molecule has 0 amide bonds. The van der Waals surface area contributed by atoms with Gasteiger partial charge in [-0.05, 0) is 82.4 Å². The summed E-state index contributed by atoms with van der Waals surface area (Å²) < 4.78 is 0. The van der Waals surface area contributed by atoms with E-state index in [0.29, 0.717) is 0 Å². The fourth-order valence-electron chi connectivity index (χ4n) is 8.44. The Morgan fingerprint density at radius 2 is 1.06 bits per heavy atom. The predicted octanol–water partition coefficient (Wildman–Crippen LogP) is 10.3. The lowest BCUT2D eigenvalue weighted by molar-refractivity contribution is 1.14. The van der Waals surface area contributed by atoms with Gasteiger partial charge in [-0.1, -0.05) is 115 Å². The highest BCUT2D eigenvalue weighted by Gasteiger charge is 2.46. The molecule has 0 unspecified atom stereocenters. The van der Waals surface area contributed by atoms with Crippen molar-refractivity contribution in [1.82, 2.24) is 4.98 Å². The van der Waals surface area contributed by atoms with Gasteiger partial charge in [-0.15, -0.1) is 0 Å². The third-order valence-corrected chi connectivity index (χ3v) is 11.7. The van der Waals surface area contributed by atoms with Crippen molar-refractivity contribution in [2.24, 2.45) is 0 Å². The quantitative estimate of drug-likeness (QED) is 0.174. The predicted molar refractivity (Wildman–Crippen MR) is 215 cm³/mol. The molecule has 0 N–H and O–H groups in total. The lowest BCUT2D eigenvalue weighted by atomic mass is 9.33. The van der Waals surface area contributed by atoms with Gasteiger partial charge in [0.1, 0.15) is 0 Å². The van der Waals surface area contributed by atoms with E-state index in [2.05, 4.69) is 183 Å². The maximum Gasteiger partial charge on any atom is 0.252 e. The molecule has 0 saturated carbocycles. The van der Waals surface area contributed by atoms with E-state index >= 15 is 0 Å². The normalized spacial score (nSPS) is 13.6. The second kappa shape index (κ2) is 11.1. The van der Waals surface area contributed by atoms with E-state index in [-0.39, 0.29) is 6.71 Å². The van der Waals surface area contributed by atoms with Crippen LogP contribution in [-0.2, 0) is 0 Å². The summed E-state index contributed by atoms with van der Waals surface area (Å²) in [5.74, 6) is 0. The van der Waals surface area contributed by atoms with Crippen LogP contribution in [0.15, 0.2) is 186 Å². The molecule has 0 radical (unpaired) electrons. The Labute approximate surface area is 301 Å². The average Bonchev–Trinajstić information content (AvgIpc) is 3.20. The van der Waals surface area contributed by atoms with E-state index in [4.69, 9.17) is 0 Å². The average molecular weight is 669 g/mol. The minimum Gasteiger partial charge on any atom is -0.311 e. The maximum absolute atomic E-state index is 4.44. The van der Waals surface area contributed by atoms with Gasteiger partial charge in [0.15, 0.2) is 0 Å². The molecule has 51 heavy (non-hydrogen) atoms. The minimum absolute atomic E-state index is 0.0505. The first kappa shape index (κ1) is 28.6. The third-order valence-electron chi connectivity index (χ3n) is 10.5. The number of hydrogen-bond acceptors (Lipinski definition) is 5. The fraction of sp³-hybridized carbons (Fsp3) is 0. The summed E-state index contributed by atoms with van der Waals surface area (Å²) in [4.78, 5) is 14.4. The van der Waals surface area contributed by atoms with Crippen molar-refractivity contribution in [1.29, 1.82) is 0 Å². The highest BCUT2D eigenvalue weighted by molar-refractivity contribution is 8.00. The zero-order valence-corrected chi connectivity index (χ0v) is 28.3. The van der Waals surface area contributed by atoms with Crippen LogP contribution in [0.2, 0.25) is 0 Å².